The van der Waals surface area contributed by atoms with Crippen LogP contribution in [0.3, 0.4) is 0 Å². The molecule has 0 aliphatic carbocycles. The monoisotopic (exact) mass is 250 g/mol. The molecule has 0 radical (unpaired) electrons. The van der Waals surface area contributed by atoms with E-state index in [2.05, 4.69) is 5.10 Å². The molecule has 1 aromatic carbocycles. The van der Waals surface area contributed by atoms with Crippen molar-refractivity contribution in [2.24, 2.45) is 0 Å². The maximum Gasteiger partial charge on any atom is 0.167 e. The fraction of sp³-hybridized carbons (Fsp3) is 0.125. The summed E-state index contributed by atoms with van der Waals surface area (Å²) in [5, 5.41) is 4.55. The molecule has 0 N–H and O–H groups in total. The van der Waals surface area contributed by atoms with Crippen LogP contribution in [0.15, 0.2) is 54.7 Å². The number of hydrogen-bond acceptors (Lipinski definition) is 2. The van der Waals surface area contributed by atoms with Crippen molar-refractivity contribution >= 4 is 11.3 Å². The predicted molar refractivity (Wildman–Crippen MR) is 75.2 cm³/mol. The van der Waals surface area contributed by atoms with Gasteiger partial charge in [0.1, 0.15) is 5.69 Å². The minimum absolute atomic E-state index is 0.125. The van der Waals surface area contributed by atoms with Crippen LogP contribution in [0.5, 0.6) is 0 Å². The largest absolute Gasteiger partial charge is 0.294 e. The van der Waals surface area contributed by atoms with E-state index in [0.717, 1.165) is 16.8 Å². The molecule has 0 unspecified atom stereocenters. The standard InChI is InChI=1S/C16H14N2O/c1-2-14(19)15-13-10-6-7-11-18(13)17-16(15)12-8-4-3-5-9-12/h3-11H,2H2,1H3. The molecule has 0 bridgehead atoms. The van der Waals surface area contributed by atoms with Gasteiger partial charge in [0, 0.05) is 18.2 Å². The molecule has 0 amide bonds. The lowest BCUT2D eigenvalue weighted by Gasteiger charge is -2.00. The van der Waals surface area contributed by atoms with Crippen LogP contribution in [0, 0.1) is 0 Å². The number of fused-ring (bicyclic) bond motifs is 1. The molecule has 19 heavy (non-hydrogen) atoms. The second kappa shape index (κ2) is 4.69. The zero-order valence-electron chi connectivity index (χ0n) is 10.7. The highest BCUT2D eigenvalue weighted by Gasteiger charge is 2.18. The van der Waals surface area contributed by atoms with Gasteiger partial charge in [-0.25, -0.2) is 4.52 Å². The number of hydrogen-bond donors (Lipinski definition) is 0. The maximum atomic E-state index is 12.2. The lowest BCUT2D eigenvalue weighted by Crippen LogP contribution is -1.98. The molecule has 0 spiro atoms. The molecule has 0 aliphatic heterocycles. The average molecular weight is 250 g/mol. The summed E-state index contributed by atoms with van der Waals surface area (Å²) >= 11 is 0. The first-order chi connectivity index (χ1) is 9.31. The minimum atomic E-state index is 0.125. The maximum absolute atomic E-state index is 12.2. The van der Waals surface area contributed by atoms with Gasteiger partial charge in [0.25, 0.3) is 0 Å². The van der Waals surface area contributed by atoms with Gasteiger partial charge in [-0.15, -0.1) is 0 Å². The van der Waals surface area contributed by atoms with E-state index >= 15 is 0 Å². The normalized spacial score (nSPS) is 10.8. The summed E-state index contributed by atoms with van der Waals surface area (Å²) in [6.07, 6.45) is 2.35. The van der Waals surface area contributed by atoms with Crippen LogP contribution < -0.4 is 0 Å². The second-order valence-electron chi connectivity index (χ2n) is 4.40. The summed E-state index contributed by atoms with van der Waals surface area (Å²) in [6, 6.07) is 15.6. The molecule has 2 aromatic heterocycles. The van der Waals surface area contributed by atoms with Gasteiger partial charge in [0.15, 0.2) is 5.78 Å². The van der Waals surface area contributed by atoms with Gasteiger partial charge < -0.3 is 0 Å². The Morgan fingerprint density at radius 3 is 2.58 bits per heavy atom. The second-order valence-corrected chi connectivity index (χ2v) is 4.40. The van der Waals surface area contributed by atoms with Crippen molar-refractivity contribution in [2.75, 3.05) is 0 Å². The van der Waals surface area contributed by atoms with Crippen molar-refractivity contribution in [3.05, 3.63) is 60.3 Å². The molecule has 3 nitrogen and oxygen atoms in total. The number of ketones is 1. The summed E-state index contributed by atoms with van der Waals surface area (Å²) in [5.41, 5.74) is 3.32. The molecule has 94 valence electrons. The Kier molecular flexibility index (Phi) is 2.88. The van der Waals surface area contributed by atoms with Crippen molar-refractivity contribution in [3.8, 4) is 11.3 Å². The zero-order valence-corrected chi connectivity index (χ0v) is 10.7. The predicted octanol–water partition coefficient (Wildman–Crippen LogP) is 3.59. The number of benzene rings is 1. The van der Waals surface area contributed by atoms with Gasteiger partial charge in [-0.1, -0.05) is 43.3 Å². The Morgan fingerprint density at radius 1 is 1.11 bits per heavy atom. The third kappa shape index (κ3) is 1.93. The van der Waals surface area contributed by atoms with E-state index in [1.165, 1.54) is 0 Å². The Balaban J connectivity index is 2.32. The fourth-order valence-electron chi connectivity index (χ4n) is 2.25. The topological polar surface area (TPSA) is 34.4 Å². The number of Topliss-reactive ketones (excluding diaryl/α,β-unsaturated/α-hetero) is 1. The van der Waals surface area contributed by atoms with Crippen molar-refractivity contribution in [3.63, 3.8) is 0 Å². The van der Waals surface area contributed by atoms with Crippen molar-refractivity contribution in [1.29, 1.82) is 0 Å². The zero-order chi connectivity index (χ0) is 13.2. The summed E-state index contributed by atoms with van der Waals surface area (Å²) < 4.78 is 1.77. The van der Waals surface area contributed by atoms with Crippen LogP contribution in [0.4, 0.5) is 0 Å². The lowest BCUT2D eigenvalue weighted by atomic mass is 10.0. The van der Waals surface area contributed by atoms with Crippen LogP contribution in [0.1, 0.15) is 23.7 Å². The minimum Gasteiger partial charge on any atom is -0.294 e. The van der Waals surface area contributed by atoms with E-state index < -0.39 is 0 Å². The number of carbonyl (C=O) groups excluding carboxylic acids is 1. The van der Waals surface area contributed by atoms with E-state index in [0.29, 0.717) is 12.0 Å². The van der Waals surface area contributed by atoms with Gasteiger partial charge in [-0.3, -0.25) is 4.79 Å². The molecular weight excluding hydrogens is 236 g/mol. The van der Waals surface area contributed by atoms with Gasteiger partial charge in [-0.05, 0) is 12.1 Å². The number of aromatic nitrogens is 2. The lowest BCUT2D eigenvalue weighted by molar-refractivity contribution is 0.0990. The van der Waals surface area contributed by atoms with Crippen LogP contribution >= 0.6 is 0 Å². The van der Waals surface area contributed by atoms with E-state index in [1.54, 1.807) is 4.52 Å². The van der Waals surface area contributed by atoms with Crippen LogP contribution in [0.2, 0.25) is 0 Å². The highest BCUT2D eigenvalue weighted by atomic mass is 16.1. The van der Waals surface area contributed by atoms with Gasteiger partial charge in [0.05, 0.1) is 11.1 Å². The van der Waals surface area contributed by atoms with Gasteiger partial charge in [0.2, 0.25) is 0 Å². The first kappa shape index (κ1) is 11.7. The third-order valence-corrected chi connectivity index (χ3v) is 3.19. The van der Waals surface area contributed by atoms with Crippen LogP contribution in [-0.2, 0) is 0 Å². The molecular formula is C16H14N2O. The van der Waals surface area contributed by atoms with Crippen LogP contribution in [0.25, 0.3) is 16.8 Å². The van der Waals surface area contributed by atoms with Gasteiger partial charge in [-0.2, -0.15) is 5.10 Å². The summed E-state index contributed by atoms with van der Waals surface area (Å²) in [6.45, 7) is 1.88. The molecule has 0 fully saturated rings. The Bertz CT molecular complexity index is 729. The van der Waals surface area contributed by atoms with Crippen molar-refractivity contribution < 1.29 is 4.79 Å². The summed E-state index contributed by atoms with van der Waals surface area (Å²) in [5.74, 6) is 0.125. The third-order valence-electron chi connectivity index (χ3n) is 3.19. The molecule has 0 atom stereocenters. The smallest absolute Gasteiger partial charge is 0.167 e. The van der Waals surface area contributed by atoms with Crippen LogP contribution in [-0.4, -0.2) is 15.4 Å². The SMILES string of the molecule is CCC(=O)c1c(-c2ccccc2)nn2ccccc12. The fourth-order valence-corrected chi connectivity index (χ4v) is 2.25. The Hall–Kier alpha value is -2.42. The summed E-state index contributed by atoms with van der Waals surface area (Å²) in [4.78, 5) is 12.2. The first-order valence-electron chi connectivity index (χ1n) is 6.37. The van der Waals surface area contributed by atoms with E-state index in [4.69, 9.17) is 0 Å². The highest BCUT2D eigenvalue weighted by Crippen LogP contribution is 2.27. The number of pyridine rings is 1. The quantitative estimate of drug-likeness (QED) is 0.666. The van der Waals surface area contributed by atoms with E-state index in [-0.39, 0.29) is 5.78 Å². The average Bonchev–Trinajstić information content (AvgIpc) is 2.87. The first-order valence-corrected chi connectivity index (χ1v) is 6.37. The summed E-state index contributed by atoms with van der Waals surface area (Å²) in [7, 11) is 0. The molecule has 0 saturated heterocycles. The molecule has 3 heteroatoms. The Labute approximate surface area is 111 Å². The molecule has 3 rings (SSSR count). The molecule has 2 heterocycles. The number of nitrogens with zero attached hydrogens (tertiary/aromatic N) is 2. The van der Waals surface area contributed by atoms with E-state index in [9.17, 15) is 4.79 Å². The Morgan fingerprint density at radius 2 is 1.84 bits per heavy atom. The molecule has 0 saturated carbocycles. The van der Waals surface area contributed by atoms with Gasteiger partial charge >= 0.3 is 0 Å². The number of rotatable bonds is 3. The van der Waals surface area contributed by atoms with E-state index in [1.807, 2.05) is 61.7 Å². The van der Waals surface area contributed by atoms with Crippen molar-refractivity contribution in [2.45, 2.75) is 13.3 Å². The van der Waals surface area contributed by atoms with Crippen molar-refractivity contribution in [1.82, 2.24) is 9.61 Å². The highest BCUT2D eigenvalue weighted by molar-refractivity contribution is 6.07. The molecule has 0 aliphatic rings. The molecule has 3 aromatic rings. The number of carbonyl (C=O) groups is 1.